The van der Waals surface area contributed by atoms with Crippen LogP contribution in [0, 0.1) is 33.0 Å². The Kier molecular flexibility index (Phi) is 9.39. The normalized spacial score (nSPS) is 36.4. The number of imide groups is 1. The number of aliphatic hydroxyl groups is 1. The van der Waals surface area contributed by atoms with Gasteiger partial charge in [-0.05, 0) is 127 Å². The molecule has 9 nitrogen and oxygen atoms in total. The maximum atomic E-state index is 14.6. The van der Waals surface area contributed by atoms with Crippen LogP contribution in [0.1, 0.15) is 92.1 Å². The fourth-order valence-corrected chi connectivity index (χ4v) is 12.9. The zero-order valence-corrected chi connectivity index (χ0v) is 35.7. The highest BCUT2D eigenvalue weighted by Gasteiger charge is 2.67. The maximum absolute atomic E-state index is 14.6. The van der Waals surface area contributed by atoms with Gasteiger partial charge in [0.2, 0.25) is 17.6 Å². The summed E-state index contributed by atoms with van der Waals surface area (Å²) in [6, 6.07) is 7.42. The first-order valence-electron chi connectivity index (χ1n) is 20.0. The lowest BCUT2D eigenvalue weighted by Gasteiger charge is -2.70. The van der Waals surface area contributed by atoms with Gasteiger partial charge in [-0.2, -0.15) is 0 Å². The zero-order valence-electron chi connectivity index (χ0n) is 33.3. The van der Waals surface area contributed by atoms with Crippen molar-refractivity contribution >= 4 is 62.5 Å². The van der Waals surface area contributed by atoms with Gasteiger partial charge < -0.3 is 14.9 Å². The molecule has 2 aliphatic heterocycles. The molecule has 6 atom stereocenters. The second-order valence-electron chi connectivity index (χ2n) is 18.6. The van der Waals surface area contributed by atoms with Crippen molar-refractivity contribution in [2.45, 2.75) is 86.5 Å². The third-order valence-corrected chi connectivity index (χ3v) is 17.1. The molecule has 0 unspecified atom stereocenters. The van der Waals surface area contributed by atoms with Gasteiger partial charge in [-0.25, -0.2) is 0 Å². The summed E-state index contributed by atoms with van der Waals surface area (Å²) in [7, 11) is 0. The Morgan fingerprint density at radius 3 is 2.25 bits per heavy atom. The number of rotatable bonds is 4. The molecule has 4 amide bonds. The first kappa shape index (κ1) is 39.1. The van der Waals surface area contributed by atoms with Crippen molar-refractivity contribution in [3.63, 3.8) is 0 Å². The van der Waals surface area contributed by atoms with Crippen molar-refractivity contribution in [2.75, 3.05) is 32.7 Å². The second kappa shape index (κ2) is 13.4. The van der Waals surface area contributed by atoms with E-state index in [1.54, 1.807) is 17.1 Å². The predicted octanol–water partition coefficient (Wildman–Crippen LogP) is 8.78. The van der Waals surface area contributed by atoms with Crippen molar-refractivity contribution in [3.8, 4) is 0 Å². The lowest BCUT2D eigenvalue weighted by molar-refractivity contribution is -0.175. The topological polar surface area (TPSA) is 115 Å². The van der Waals surface area contributed by atoms with Crippen molar-refractivity contribution in [3.05, 3.63) is 85.5 Å². The van der Waals surface area contributed by atoms with Crippen LogP contribution in [0.25, 0.3) is 6.08 Å². The number of nitrogens with zero attached hydrogens (tertiary/aromatic N) is 3. The number of carbonyl (C=O) groups excluding carboxylic acids is 5. The van der Waals surface area contributed by atoms with E-state index >= 15 is 0 Å². The zero-order chi connectivity index (χ0) is 40.2. The van der Waals surface area contributed by atoms with Gasteiger partial charge in [0.1, 0.15) is 6.54 Å². The van der Waals surface area contributed by atoms with Gasteiger partial charge in [0.05, 0.1) is 4.91 Å². The lowest BCUT2D eigenvalue weighted by atomic mass is 9.34. The molecule has 7 aliphatic rings. The van der Waals surface area contributed by atoms with E-state index in [-0.39, 0.29) is 51.6 Å². The highest BCUT2D eigenvalue weighted by molar-refractivity contribution is 9.10. The van der Waals surface area contributed by atoms with Crippen LogP contribution in [-0.4, -0.2) is 81.3 Å². The van der Waals surface area contributed by atoms with Gasteiger partial charge in [0.25, 0.3) is 11.1 Å². The van der Waals surface area contributed by atoms with Crippen LogP contribution in [0.4, 0.5) is 4.79 Å². The van der Waals surface area contributed by atoms with E-state index in [4.69, 9.17) is 0 Å². The van der Waals surface area contributed by atoms with Gasteiger partial charge >= 0.3 is 0 Å². The number of hydrogen-bond acceptors (Lipinski definition) is 7. The lowest BCUT2D eigenvalue weighted by Crippen LogP contribution is -2.63. The van der Waals surface area contributed by atoms with Gasteiger partial charge in [0.15, 0.2) is 5.76 Å². The monoisotopic (exact) mass is 841 g/mol. The molecule has 1 aromatic rings. The molecule has 1 N–H and O–H groups in total. The molecule has 8 rings (SSSR count). The van der Waals surface area contributed by atoms with Gasteiger partial charge in [-0.15, -0.1) is 0 Å². The van der Waals surface area contributed by atoms with E-state index in [1.165, 1.54) is 5.57 Å². The largest absolute Gasteiger partial charge is 0.504 e. The number of hydrogen-bond donors (Lipinski definition) is 1. The molecule has 2 saturated heterocycles. The maximum Gasteiger partial charge on any atom is 0.294 e. The second-order valence-corrected chi connectivity index (χ2v) is 20.5. The smallest absolute Gasteiger partial charge is 0.294 e. The van der Waals surface area contributed by atoms with Gasteiger partial charge in [-0.1, -0.05) is 80.4 Å². The minimum atomic E-state index is -0.534. The van der Waals surface area contributed by atoms with E-state index in [9.17, 15) is 29.1 Å². The Morgan fingerprint density at radius 1 is 0.893 bits per heavy atom. The molecule has 5 fully saturated rings. The van der Waals surface area contributed by atoms with Crippen molar-refractivity contribution in [1.82, 2.24) is 14.7 Å². The van der Waals surface area contributed by atoms with Crippen molar-refractivity contribution in [2.24, 2.45) is 33.0 Å². The Balaban J connectivity index is 0.950. The van der Waals surface area contributed by atoms with Crippen molar-refractivity contribution < 1.29 is 29.1 Å². The fraction of sp³-hybridized carbons (Fsp3) is 0.533. The van der Waals surface area contributed by atoms with E-state index in [0.717, 1.165) is 82.8 Å². The molecule has 11 heteroatoms. The minimum Gasteiger partial charge on any atom is -0.504 e. The van der Waals surface area contributed by atoms with Gasteiger partial charge in [0, 0.05) is 47.1 Å². The molecule has 0 aromatic heterocycles. The summed E-state index contributed by atoms with van der Waals surface area (Å²) >= 11 is 4.25. The number of amides is 4. The molecule has 0 spiro atoms. The quantitative estimate of drug-likeness (QED) is 0.302. The molecule has 1 aromatic carbocycles. The van der Waals surface area contributed by atoms with Crippen LogP contribution in [0.3, 0.4) is 0 Å². The molecule has 0 radical (unpaired) electrons. The molecule has 0 bridgehead atoms. The summed E-state index contributed by atoms with van der Waals surface area (Å²) in [5.74, 6) is -0.753. The standard InChI is InChI=1S/C45H52BrN3O6S/c1-27-30-11-12-34-43(4,31(30)24-32(50)37(27)52)16-18-45(6)35-25-42(3,14-13-41(35,2)15-17-44(34,45)5)39(54)48-21-19-47(20-22-48)36(51)26-49-38(53)33(56-40(49)55)23-28-7-9-29(46)10-8-28/h7-12,23-24,35,52H,13-22,25-26H2,1-6H3/b33-23-/t35-,41-,42-,43+,44-,45+/m1/s1. The fourth-order valence-electron chi connectivity index (χ4n) is 11.8. The highest BCUT2D eigenvalue weighted by atomic mass is 79.9. The minimum absolute atomic E-state index is 0.0634. The first-order chi connectivity index (χ1) is 26.3. The average molecular weight is 843 g/mol. The number of halogens is 1. The van der Waals surface area contributed by atoms with E-state index in [0.29, 0.717) is 42.6 Å². The van der Waals surface area contributed by atoms with Crippen LogP contribution in [0.5, 0.6) is 0 Å². The number of fused-ring (bicyclic) bond motifs is 7. The number of benzene rings is 1. The van der Waals surface area contributed by atoms with E-state index in [1.807, 2.05) is 36.1 Å². The Labute approximate surface area is 342 Å². The summed E-state index contributed by atoms with van der Waals surface area (Å²) < 4.78 is 0.911. The van der Waals surface area contributed by atoms with Crippen LogP contribution in [0.15, 0.2) is 79.9 Å². The third kappa shape index (κ3) is 5.87. The number of carbonyl (C=O) groups is 5. The SMILES string of the molecule is CC1=C(O)C(=O)C=C2C1=CC=C1[C@@]2(C)CC[C@@]2(C)[C@@H]3C[C@](C)(C(=O)N4CCN(C(=O)CN5C(=O)S/C(=C\c6ccc(Br)cc6)C5=O)CC4)CC[C@]3(C)CC[C@]12C. The van der Waals surface area contributed by atoms with E-state index < -0.39 is 16.6 Å². The number of aliphatic hydroxyl groups excluding tert-OH is 1. The van der Waals surface area contributed by atoms with E-state index in [2.05, 4.69) is 62.7 Å². The molecular formula is C45H52BrN3O6S. The Hall–Kier alpha value is -3.70. The molecular weight excluding hydrogens is 790 g/mol. The summed E-state index contributed by atoms with van der Waals surface area (Å²) in [4.78, 5) is 71.8. The van der Waals surface area contributed by atoms with Gasteiger partial charge in [-0.3, -0.25) is 28.9 Å². The predicted molar refractivity (Wildman–Crippen MR) is 221 cm³/mol. The number of ketones is 1. The highest BCUT2D eigenvalue weighted by Crippen LogP contribution is 2.75. The first-order valence-corrected chi connectivity index (χ1v) is 21.6. The molecule has 56 heavy (non-hydrogen) atoms. The van der Waals surface area contributed by atoms with Crippen LogP contribution in [0.2, 0.25) is 0 Å². The Morgan fingerprint density at radius 2 is 1.55 bits per heavy atom. The summed E-state index contributed by atoms with van der Waals surface area (Å²) in [6.45, 7) is 14.9. The number of piperazine rings is 1. The summed E-state index contributed by atoms with van der Waals surface area (Å²) in [6.07, 6.45) is 14.4. The van der Waals surface area contributed by atoms with Crippen LogP contribution >= 0.6 is 27.7 Å². The van der Waals surface area contributed by atoms with Crippen LogP contribution < -0.4 is 0 Å². The molecule has 2 heterocycles. The summed E-state index contributed by atoms with van der Waals surface area (Å²) in [5.41, 5.74) is 3.90. The third-order valence-electron chi connectivity index (χ3n) is 15.6. The number of thioether (sulfide) groups is 1. The molecule has 296 valence electrons. The van der Waals surface area contributed by atoms with Crippen LogP contribution in [-0.2, 0) is 19.2 Å². The average Bonchev–Trinajstić information content (AvgIpc) is 3.43. The molecule has 5 aliphatic carbocycles. The molecule has 3 saturated carbocycles. The van der Waals surface area contributed by atoms with Crippen molar-refractivity contribution in [1.29, 1.82) is 0 Å². The number of allylic oxidation sites excluding steroid dienone is 7. The Bertz CT molecular complexity index is 2130. The summed E-state index contributed by atoms with van der Waals surface area (Å²) in [5, 5.41) is 10.0.